The number of amides is 1. The average Bonchev–Trinajstić information content (AvgIpc) is 2.34. The van der Waals surface area contributed by atoms with Crippen LogP contribution in [0.25, 0.3) is 0 Å². The van der Waals surface area contributed by atoms with E-state index in [0.29, 0.717) is 38.0 Å². The molecule has 1 aliphatic rings. The number of nitrogens with zero attached hydrogens (tertiary/aromatic N) is 2. The second kappa shape index (κ2) is 7.38. The van der Waals surface area contributed by atoms with Gasteiger partial charge in [0.25, 0.3) is 10.2 Å². The van der Waals surface area contributed by atoms with Gasteiger partial charge in [-0.05, 0) is 25.2 Å². The van der Waals surface area contributed by atoms with Crippen LogP contribution in [0.5, 0.6) is 0 Å². The van der Waals surface area contributed by atoms with Gasteiger partial charge in [0.15, 0.2) is 0 Å². The summed E-state index contributed by atoms with van der Waals surface area (Å²) in [6.07, 6.45) is 1.05. The van der Waals surface area contributed by atoms with Crippen molar-refractivity contribution in [3.8, 4) is 0 Å². The van der Waals surface area contributed by atoms with Crippen molar-refractivity contribution in [1.29, 1.82) is 0 Å². The van der Waals surface area contributed by atoms with Crippen molar-refractivity contribution in [3.05, 3.63) is 0 Å². The number of hydrogen-bond acceptors (Lipinski definition) is 3. The van der Waals surface area contributed by atoms with Gasteiger partial charge in [0.05, 0.1) is 6.54 Å². The third-order valence-electron chi connectivity index (χ3n) is 3.53. The Morgan fingerprint density at radius 2 is 1.80 bits per heavy atom. The van der Waals surface area contributed by atoms with Crippen LogP contribution in [0.3, 0.4) is 0 Å². The standard InChI is InChI=1S/C13H27N3O3S/c1-5-14-13(17)10-15(6-2)20(18,19)16-8-11(3)7-12(4)9-16/h11-12H,5-10H2,1-4H3,(H,14,17). The molecule has 1 N–H and O–H groups in total. The summed E-state index contributed by atoms with van der Waals surface area (Å²) in [5.41, 5.74) is 0. The quantitative estimate of drug-likeness (QED) is 0.784. The zero-order valence-electron chi connectivity index (χ0n) is 12.9. The van der Waals surface area contributed by atoms with Crippen LogP contribution in [0.4, 0.5) is 0 Å². The molecule has 20 heavy (non-hydrogen) atoms. The molecule has 118 valence electrons. The minimum absolute atomic E-state index is 0.105. The highest BCUT2D eigenvalue weighted by Gasteiger charge is 2.34. The molecule has 0 saturated carbocycles. The number of hydrogen-bond donors (Lipinski definition) is 1. The molecule has 1 saturated heterocycles. The fourth-order valence-corrected chi connectivity index (χ4v) is 4.55. The van der Waals surface area contributed by atoms with Crippen LogP contribution in [-0.4, -0.2) is 55.7 Å². The second-order valence-corrected chi connectivity index (χ2v) is 7.58. The van der Waals surface area contributed by atoms with Gasteiger partial charge in [-0.2, -0.15) is 17.0 Å². The molecule has 0 aromatic heterocycles. The van der Waals surface area contributed by atoms with Gasteiger partial charge in [-0.1, -0.05) is 20.8 Å². The number of carbonyl (C=O) groups excluding carboxylic acids is 1. The van der Waals surface area contributed by atoms with Crippen molar-refractivity contribution >= 4 is 16.1 Å². The van der Waals surface area contributed by atoms with Crippen molar-refractivity contribution < 1.29 is 13.2 Å². The van der Waals surface area contributed by atoms with Crippen molar-refractivity contribution in [2.75, 3.05) is 32.7 Å². The zero-order chi connectivity index (χ0) is 15.3. The second-order valence-electron chi connectivity index (χ2n) is 5.65. The van der Waals surface area contributed by atoms with Gasteiger partial charge >= 0.3 is 0 Å². The van der Waals surface area contributed by atoms with E-state index in [1.54, 1.807) is 6.92 Å². The topological polar surface area (TPSA) is 69.7 Å². The molecule has 1 heterocycles. The first-order valence-corrected chi connectivity index (χ1v) is 8.72. The summed E-state index contributed by atoms with van der Waals surface area (Å²) < 4.78 is 28.0. The Balaban J connectivity index is 2.80. The third-order valence-corrected chi connectivity index (χ3v) is 5.53. The predicted molar refractivity (Wildman–Crippen MR) is 79.4 cm³/mol. The molecule has 0 aliphatic carbocycles. The molecule has 2 atom stereocenters. The lowest BCUT2D eigenvalue weighted by atomic mass is 9.94. The lowest BCUT2D eigenvalue weighted by Gasteiger charge is -2.36. The molecule has 0 radical (unpaired) electrons. The summed E-state index contributed by atoms with van der Waals surface area (Å²) in [4.78, 5) is 11.6. The van der Waals surface area contributed by atoms with Crippen LogP contribution in [0, 0.1) is 11.8 Å². The molecule has 1 fully saturated rings. The maximum Gasteiger partial charge on any atom is 0.282 e. The van der Waals surface area contributed by atoms with E-state index in [4.69, 9.17) is 0 Å². The predicted octanol–water partition coefficient (Wildman–Crippen LogP) is 0.667. The summed E-state index contributed by atoms with van der Waals surface area (Å²) >= 11 is 0. The van der Waals surface area contributed by atoms with Gasteiger partial charge in [0, 0.05) is 26.2 Å². The van der Waals surface area contributed by atoms with E-state index in [2.05, 4.69) is 19.2 Å². The summed E-state index contributed by atoms with van der Waals surface area (Å²) in [5, 5.41) is 2.64. The van der Waals surface area contributed by atoms with Crippen molar-refractivity contribution in [2.45, 2.75) is 34.1 Å². The Morgan fingerprint density at radius 3 is 2.25 bits per heavy atom. The van der Waals surface area contributed by atoms with Crippen LogP contribution < -0.4 is 5.32 Å². The van der Waals surface area contributed by atoms with Crippen LogP contribution in [-0.2, 0) is 15.0 Å². The Kier molecular flexibility index (Phi) is 6.42. The summed E-state index contributed by atoms with van der Waals surface area (Å²) in [7, 11) is -3.55. The van der Waals surface area contributed by atoms with Gasteiger partial charge in [0.1, 0.15) is 0 Å². The third kappa shape index (κ3) is 4.43. The first-order chi connectivity index (χ1) is 9.31. The molecule has 1 amide bonds. The van der Waals surface area contributed by atoms with E-state index in [1.807, 2.05) is 6.92 Å². The molecule has 1 rings (SSSR count). The summed E-state index contributed by atoms with van der Waals surface area (Å²) in [5.74, 6) is 0.462. The molecule has 2 unspecified atom stereocenters. The molecule has 7 heteroatoms. The molecule has 6 nitrogen and oxygen atoms in total. The van der Waals surface area contributed by atoms with Crippen molar-refractivity contribution in [1.82, 2.24) is 13.9 Å². The van der Waals surface area contributed by atoms with E-state index < -0.39 is 10.2 Å². The Bertz CT molecular complexity index is 415. The Labute approximate surface area is 122 Å². The van der Waals surface area contributed by atoms with E-state index in [9.17, 15) is 13.2 Å². The lowest BCUT2D eigenvalue weighted by Crippen LogP contribution is -2.51. The van der Waals surface area contributed by atoms with Gasteiger partial charge in [-0.15, -0.1) is 0 Å². The van der Waals surface area contributed by atoms with Crippen LogP contribution in [0.15, 0.2) is 0 Å². The van der Waals surface area contributed by atoms with Gasteiger partial charge in [-0.25, -0.2) is 0 Å². The highest BCUT2D eigenvalue weighted by atomic mass is 32.2. The Hall–Kier alpha value is -0.660. The fourth-order valence-electron chi connectivity index (χ4n) is 2.73. The lowest BCUT2D eigenvalue weighted by molar-refractivity contribution is -0.121. The summed E-state index contributed by atoms with van der Waals surface area (Å²) in [6, 6.07) is 0. The van der Waals surface area contributed by atoms with Gasteiger partial charge < -0.3 is 5.32 Å². The molecule has 1 aliphatic heterocycles. The Morgan fingerprint density at radius 1 is 1.25 bits per heavy atom. The zero-order valence-corrected chi connectivity index (χ0v) is 13.7. The largest absolute Gasteiger partial charge is 0.355 e. The molecule has 0 bridgehead atoms. The first-order valence-electron chi connectivity index (χ1n) is 7.33. The average molecular weight is 305 g/mol. The number of carbonyl (C=O) groups is 1. The maximum atomic E-state index is 12.6. The van der Waals surface area contributed by atoms with Gasteiger partial charge in [-0.3, -0.25) is 4.79 Å². The van der Waals surface area contributed by atoms with Crippen LogP contribution in [0.2, 0.25) is 0 Å². The number of rotatable bonds is 6. The monoisotopic (exact) mass is 305 g/mol. The van der Waals surface area contributed by atoms with Crippen molar-refractivity contribution in [3.63, 3.8) is 0 Å². The van der Waals surface area contributed by atoms with Crippen molar-refractivity contribution in [2.24, 2.45) is 11.8 Å². The molecule has 0 aromatic carbocycles. The smallest absolute Gasteiger partial charge is 0.282 e. The highest BCUT2D eigenvalue weighted by molar-refractivity contribution is 7.86. The normalized spacial score (nSPS) is 24.9. The highest BCUT2D eigenvalue weighted by Crippen LogP contribution is 2.24. The molecule has 0 aromatic rings. The SMILES string of the molecule is CCNC(=O)CN(CC)S(=O)(=O)N1CC(C)CC(C)C1. The number of likely N-dealkylation sites (N-methyl/N-ethyl adjacent to an activating group) is 2. The maximum absolute atomic E-state index is 12.6. The minimum atomic E-state index is -3.55. The molecule has 0 spiro atoms. The van der Waals surface area contributed by atoms with Crippen LogP contribution in [0.1, 0.15) is 34.1 Å². The molecular formula is C13H27N3O3S. The van der Waals surface area contributed by atoms with E-state index in [0.717, 1.165) is 6.42 Å². The van der Waals surface area contributed by atoms with Crippen LogP contribution >= 0.6 is 0 Å². The van der Waals surface area contributed by atoms with E-state index in [1.165, 1.54) is 8.61 Å². The number of piperidine rings is 1. The first kappa shape index (κ1) is 17.4. The minimum Gasteiger partial charge on any atom is -0.355 e. The van der Waals surface area contributed by atoms with Gasteiger partial charge in [0.2, 0.25) is 5.91 Å². The van der Waals surface area contributed by atoms with E-state index in [-0.39, 0.29) is 12.5 Å². The fraction of sp³-hybridized carbons (Fsp3) is 0.923. The summed E-state index contributed by atoms with van der Waals surface area (Å²) in [6.45, 7) is 9.50. The molecular weight excluding hydrogens is 278 g/mol. The number of nitrogens with one attached hydrogen (secondary N) is 1. The van der Waals surface area contributed by atoms with E-state index >= 15 is 0 Å².